The van der Waals surface area contributed by atoms with Crippen LogP contribution >= 0.6 is 28.8 Å². The second-order valence-corrected chi connectivity index (χ2v) is 8.19. The maximum atomic E-state index is 11.5. The van der Waals surface area contributed by atoms with Crippen molar-refractivity contribution in [2.45, 2.75) is 0 Å². The molecule has 0 fully saturated rings. The van der Waals surface area contributed by atoms with Crippen molar-refractivity contribution in [3.8, 4) is 0 Å². The van der Waals surface area contributed by atoms with Gasteiger partial charge in [0.15, 0.2) is 0 Å². The van der Waals surface area contributed by atoms with Gasteiger partial charge in [-0.05, 0) is 0 Å². The summed E-state index contributed by atoms with van der Waals surface area (Å²) in [5.41, 5.74) is -2.85. The van der Waals surface area contributed by atoms with Crippen molar-refractivity contribution in [3.05, 3.63) is 12.7 Å². The molecule has 1 heterocycles. The normalized spacial score (nSPS) is 11.8. The first-order chi connectivity index (χ1) is 5.23. The van der Waals surface area contributed by atoms with E-state index >= 15 is 0 Å². The van der Waals surface area contributed by atoms with Crippen molar-refractivity contribution in [1.29, 1.82) is 0 Å². The SMILES string of the molecule is NSP(=O)(SN)n1cncn1. The number of nitrogens with two attached hydrogens (primary N) is 2. The molecule has 1 rings (SSSR count). The molecule has 0 atom stereocenters. The van der Waals surface area contributed by atoms with E-state index in [1.54, 1.807) is 0 Å². The van der Waals surface area contributed by atoms with Gasteiger partial charge in [-0.25, -0.2) is 4.98 Å². The first-order valence-corrected chi connectivity index (χ1v) is 7.08. The molecule has 11 heavy (non-hydrogen) atoms. The molecule has 9 heteroatoms. The van der Waals surface area contributed by atoms with Gasteiger partial charge in [-0.15, -0.1) is 0 Å². The molecule has 0 aliphatic carbocycles. The molecule has 0 aliphatic heterocycles. The van der Waals surface area contributed by atoms with Gasteiger partial charge >= 0.3 is 5.70 Å². The molecule has 62 valence electrons. The lowest BCUT2D eigenvalue weighted by Crippen LogP contribution is -1.96. The molecule has 0 radical (unpaired) electrons. The van der Waals surface area contributed by atoms with Gasteiger partial charge in [0.2, 0.25) is 0 Å². The van der Waals surface area contributed by atoms with Gasteiger partial charge in [0, 0.05) is 23.1 Å². The number of hydrogen-bond donors (Lipinski definition) is 2. The molecule has 0 amide bonds. The molecule has 0 bridgehead atoms. The topological polar surface area (TPSA) is 99.8 Å². The zero-order valence-electron chi connectivity index (χ0n) is 5.32. The Hall–Kier alpha value is -0.0100. The van der Waals surface area contributed by atoms with Gasteiger partial charge in [-0.3, -0.25) is 14.8 Å². The highest BCUT2D eigenvalue weighted by molar-refractivity contribution is 8.89. The Bertz CT molecular complexity index is 253. The quantitative estimate of drug-likeness (QED) is 0.553. The molecule has 0 saturated heterocycles. The molecule has 4 N–H and O–H groups in total. The lowest BCUT2D eigenvalue weighted by molar-refractivity contribution is 0.584. The van der Waals surface area contributed by atoms with Crippen LogP contribution in [0.15, 0.2) is 12.7 Å². The van der Waals surface area contributed by atoms with Crippen LogP contribution in [0.4, 0.5) is 0 Å². The van der Waals surface area contributed by atoms with Gasteiger partial charge < -0.3 is 0 Å². The molecule has 1 aromatic heterocycles. The smallest absolute Gasteiger partial charge is 0.272 e. The first kappa shape index (κ1) is 9.08. The predicted octanol–water partition coefficient (Wildman–Crippen LogP) is 0.448. The Morgan fingerprint density at radius 1 is 1.45 bits per heavy atom. The number of rotatable bonds is 3. The zero-order valence-corrected chi connectivity index (χ0v) is 7.85. The van der Waals surface area contributed by atoms with E-state index in [9.17, 15) is 4.57 Å². The summed E-state index contributed by atoms with van der Waals surface area (Å²) in [4.78, 5) is 3.63. The van der Waals surface area contributed by atoms with Crippen LogP contribution in [-0.2, 0) is 4.57 Å². The second kappa shape index (κ2) is 3.59. The van der Waals surface area contributed by atoms with Gasteiger partial charge in [0.1, 0.15) is 12.7 Å². The summed E-state index contributed by atoms with van der Waals surface area (Å²) in [6.07, 6.45) is 2.60. The Labute approximate surface area is 71.3 Å². The lowest BCUT2D eigenvalue weighted by Gasteiger charge is -2.08. The van der Waals surface area contributed by atoms with Crippen molar-refractivity contribution in [1.82, 2.24) is 14.5 Å². The van der Waals surface area contributed by atoms with Crippen molar-refractivity contribution in [3.63, 3.8) is 0 Å². The van der Waals surface area contributed by atoms with Crippen molar-refractivity contribution in [2.24, 2.45) is 10.3 Å². The molecule has 0 spiro atoms. The van der Waals surface area contributed by atoms with E-state index in [2.05, 4.69) is 10.1 Å². The molecule has 0 aliphatic rings. The minimum Gasteiger partial charge on any atom is -0.272 e. The minimum absolute atomic E-state index is 0.684. The molecule has 0 saturated carbocycles. The average molecular weight is 211 g/mol. The highest BCUT2D eigenvalue weighted by Crippen LogP contribution is 2.64. The summed E-state index contributed by atoms with van der Waals surface area (Å²) in [6, 6.07) is 0. The highest BCUT2D eigenvalue weighted by Gasteiger charge is 2.24. The molecule has 1 aromatic rings. The third kappa shape index (κ3) is 1.77. The van der Waals surface area contributed by atoms with Crippen LogP contribution in [-0.4, -0.2) is 14.5 Å². The monoisotopic (exact) mass is 211 g/mol. The standard InChI is InChI=1S/C2H6N5OPS2/c3-10-9(8,11-4)7-2-5-1-6-7/h1-2H,3-4H2. The fourth-order valence-corrected chi connectivity index (χ4v) is 2.73. The third-order valence-corrected chi connectivity index (χ3v) is 6.32. The maximum Gasteiger partial charge on any atom is 0.329 e. The van der Waals surface area contributed by atoms with E-state index < -0.39 is 5.70 Å². The van der Waals surface area contributed by atoms with Crippen LogP contribution in [0.1, 0.15) is 0 Å². The van der Waals surface area contributed by atoms with E-state index in [4.69, 9.17) is 10.3 Å². The van der Waals surface area contributed by atoms with Gasteiger partial charge in [-0.1, -0.05) is 0 Å². The highest BCUT2D eigenvalue weighted by atomic mass is 33.1. The predicted molar refractivity (Wildman–Crippen MR) is 46.6 cm³/mol. The van der Waals surface area contributed by atoms with Crippen molar-refractivity contribution >= 4 is 28.8 Å². The maximum absolute atomic E-state index is 11.5. The fraction of sp³-hybridized carbons (Fsp3) is 0. The molecule has 0 unspecified atom stereocenters. The van der Waals surface area contributed by atoms with E-state index in [0.717, 1.165) is 0 Å². The Kier molecular flexibility index (Phi) is 2.97. The zero-order chi connectivity index (χ0) is 8.32. The summed E-state index contributed by atoms with van der Waals surface area (Å²) in [6.45, 7) is 0. The van der Waals surface area contributed by atoms with Gasteiger partial charge in [0.25, 0.3) is 0 Å². The van der Waals surface area contributed by atoms with Crippen LogP contribution in [0.5, 0.6) is 0 Å². The summed E-state index contributed by atoms with van der Waals surface area (Å²) in [5, 5.41) is 14.0. The van der Waals surface area contributed by atoms with E-state index in [1.165, 1.54) is 17.1 Å². The molecular weight excluding hydrogens is 205 g/mol. The Morgan fingerprint density at radius 2 is 2.09 bits per heavy atom. The Morgan fingerprint density at radius 3 is 2.45 bits per heavy atom. The van der Waals surface area contributed by atoms with E-state index in [1.807, 2.05) is 0 Å². The van der Waals surface area contributed by atoms with E-state index in [0.29, 0.717) is 23.1 Å². The fourth-order valence-electron chi connectivity index (χ4n) is 0.450. The third-order valence-electron chi connectivity index (χ3n) is 0.924. The Balaban J connectivity index is 2.97. The van der Waals surface area contributed by atoms with Gasteiger partial charge in [0.05, 0.1) is 0 Å². The van der Waals surface area contributed by atoms with Crippen LogP contribution < -0.4 is 10.3 Å². The van der Waals surface area contributed by atoms with Gasteiger partial charge in [-0.2, -0.15) is 9.55 Å². The van der Waals surface area contributed by atoms with Crippen LogP contribution in [0.25, 0.3) is 0 Å². The van der Waals surface area contributed by atoms with E-state index in [-0.39, 0.29) is 0 Å². The summed E-state index contributed by atoms with van der Waals surface area (Å²) in [7, 11) is 0. The summed E-state index contributed by atoms with van der Waals surface area (Å²) < 4.78 is 12.7. The average Bonchev–Trinajstić information content (AvgIpc) is 2.55. The van der Waals surface area contributed by atoms with Crippen molar-refractivity contribution in [2.75, 3.05) is 0 Å². The molecule has 0 aromatic carbocycles. The second-order valence-electron chi connectivity index (χ2n) is 1.50. The van der Waals surface area contributed by atoms with Crippen LogP contribution in [0.3, 0.4) is 0 Å². The largest absolute Gasteiger partial charge is 0.329 e. The number of hydrogen-bond acceptors (Lipinski definition) is 7. The lowest BCUT2D eigenvalue weighted by atomic mass is 11.3. The van der Waals surface area contributed by atoms with Crippen molar-refractivity contribution < 1.29 is 4.57 Å². The minimum atomic E-state index is -2.85. The summed E-state index contributed by atoms with van der Waals surface area (Å²) in [5.74, 6) is 0. The number of aromatic nitrogens is 3. The molecular formula is C2H6N5OPS2. The summed E-state index contributed by atoms with van der Waals surface area (Å²) >= 11 is 1.37. The van der Waals surface area contributed by atoms with Crippen LogP contribution in [0.2, 0.25) is 0 Å². The molecule has 6 nitrogen and oxygen atoms in total. The first-order valence-electron chi connectivity index (χ1n) is 2.45. The van der Waals surface area contributed by atoms with Crippen LogP contribution in [0, 0.1) is 0 Å². The number of nitrogens with zero attached hydrogens (tertiary/aromatic N) is 3.